The molecule has 4 rings (SSSR count). The van der Waals surface area contributed by atoms with Crippen LogP contribution in [-0.2, 0) is 9.84 Å². The van der Waals surface area contributed by atoms with Crippen molar-refractivity contribution in [3.8, 4) is 11.1 Å². The Morgan fingerprint density at radius 1 is 1.04 bits per heavy atom. The van der Waals surface area contributed by atoms with Gasteiger partial charge in [0, 0.05) is 18.6 Å². The van der Waals surface area contributed by atoms with Crippen LogP contribution >= 0.6 is 11.3 Å². The Balaban J connectivity index is 1.65. The number of pyridine rings is 1. The van der Waals surface area contributed by atoms with Crippen LogP contribution in [0.4, 0.5) is 5.13 Å². The fourth-order valence-corrected chi connectivity index (χ4v) is 4.30. The van der Waals surface area contributed by atoms with Gasteiger partial charge in [-0.15, -0.1) is 0 Å². The van der Waals surface area contributed by atoms with Gasteiger partial charge in [0.1, 0.15) is 0 Å². The molecule has 2 heterocycles. The van der Waals surface area contributed by atoms with Crippen LogP contribution in [0.15, 0.2) is 71.9 Å². The number of benzene rings is 2. The monoisotopic (exact) mass is 409 g/mol. The SMILES string of the molecule is CS(=O)(=O)c1cccc(-c2ccc3nc(NC(=O)c4cccnc4)sc3c2)c1. The Bertz CT molecular complexity index is 1280. The minimum atomic E-state index is -3.27. The zero-order valence-electron chi connectivity index (χ0n) is 14.8. The highest BCUT2D eigenvalue weighted by Gasteiger charge is 2.12. The van der Waals surface area contributed by atoms with Crippen LogP contribution in [0.2, 0.25) is 0 Å². The predicted molar refractivity (Wildman–Crippen MR) is 110 cm³/mol. The molecule has 8 heteroatoms. The molecule has 0 aliphatic rings. The van der Waals surface area contributed by atoms with Gasteiger partial charge in [-0.1, -0.05) is 29.5 Å². The van der Waals surface area contributed by atoms with Gasteiger partial charge in [-0.3, -0.25) is 15.1 Å². The first-order valence-corrected chi connectivity index (χ1v) is 11.0. The van der Waals surface area contributed by atoms with E-state index in [0.29, 0.717) is 10.7 Å². The minimum absolute atomic E-state index is 0.270. The maximum absolute atomic E-state index is 12.3. The van der Waals surface area contributed by atoms with E-state index in [0.717, 1.165) is 21.3 Å². The van der Waals surface area contributed by atoms with Crippen LogP contribution < -0.4 is 5.32 Å². The normalized spacial score (nSPS) is 11.5. The minimum Gasteiger partial charge on any atom is -0.298 e. The summed E-state index contributed by atoms with van der Waals surface area (Å²) in [6, 6.07) is 15.9. The van der Waals surface area contributed by atoms with Crippen LogP contribution in [0.3, 0.4) is 0 Å². The summed E-state index contributed by atoms with van der Waals surface area (Å²) in [6.45, 7) is 0. The van der Waals surface area contributed by atoms with Crippen molar-refractivity contribution in [2.24, 2.45) is 0 Å². The molecule has 0 aliphatic carbocycles. The van der Waals surface area contributed by atoms with Gasteiger partial charge in [0.05, 0.1) is 20.7 Å². The molecule has 0 aliphatic heterocycles. The average Bonchev–Trinajstić information content (AvgIpc) is 3.09. The van der Waals surface area contributed by atoms with Crippen molar-refractivity contribution in [2.45, 2.75) is 4.90 Å². The molecular formula is C20H15N3O3S2. The molecule has 1 N–H and O–H groups in total. The molecule has 0 radical (unpaired) electrons. The highest BCUT2D eigenvalue weighted by atomic mass is 32.2. The first kappa shape index (κ1) is 18.3. The molecule has 1 amide bonds. The number of aromatic nitrogens is 2. The lowest BCUT2D eigenvalue weighted by Crippen LogP contribution is -2.11. The van der Waals surface area contributed by atoms with Crippen LogP contribution in [0.25, 0.3) is 21.3 Å². The van der Waals surface area contributed by atoms with E-state index in [4.69, 9.17) is 0 Å². The van der Waals surface area contributed by atoms with Gasteiger partial charge in [0.25, 0.3) is 5.91 Å². The van der Waals surface area contributed by atoms with Gasteiger partial charge in [0.15, 0.2) is 15.0 Å². The molecule has 0 bridgehead atoms. The zero-order valence-corrected chi connectivity index (χ0v) is 16.4. The molecule has 4 aromatic rings. The summed E-state index contributed by atoms with van der Waals surface area (Å²) in [6.07, 6.45) is 4.29. The number of hydrogen-bond acceptors (Lipinski definition) is 6. The number of amides is 1. The van der Waals surface area contributed by atoms with Gasteiger partial charge in [-0.25, -0.2) is 13.4 Å². The van der Waals surface area contributed by atoms with Crippen molar-refractivity contribution in [1.82, 2.24) is 9.97 Å². The van der Waals surface area contributed by atoms with Crippen molar-refractivity contribution in [2.75, 3.05) is 11.6 Å². The Hall–Kier alpha value is -3.10. The summed E-state index contributed by atoms with van der Waals surface area (Å²) >= 11 is 1.36. The number of nitrogens with one attached hydrogen (secondary N) is 1. The van der Waals surface area contributed by atoms with Crippen molar-refractivity contribution in [3.63, 3.8) is 0 Å². The lowest BCUT2D eigenvalue weighted by molar-refractivity contribution is 0.102. The second-order valence-electron chi connectivity index (χ2n) is 6.20. The van der Waals surface area contributed by atoms with Crippen molar-refractivity contribution >= 4 is 42.4 Å². The van der Waals surface area contributed by atoms with Crippen LogP contribution in [-0.4, -0.2) is 30.5 Å². The van der Waals surface area contributed by atoms with E-state index >= 15 is 0 Å². The number of anilines is 1. The average molecular weight is 409 g/mol. The summed E-state index contributed by atoms with van der Waals surface area (Å²) < 4.78 is 24.5. The number of carbonyl (C=O) groups is 1. The van der Waals surface area contributed by atoms with E-state index in [2.05, 4.69) is 15.3 Å². The van der Waals surface area contributed by atoms with Crippen molar-refractivity contribution in [3.05, 3.63) is 72.6 Å². The summed E-state index contributed by atoms with van der Waals surface area (Å²) in [5.74, 6) is -0.270. The molecule has 0 fully saturated rings. The lowest BCUT2D eigenvalue weighted by atomic mass is 10.1. The molecule has 2 aromatic carbocycles. The standard InChI is InChI=1S/C20H15N3O3S2/c1-28(25,26)16-6-2-4-13(10-16)14-7-8-17-18(11-14)27-20(22-17)23-19(24)15-5-3-9-21-12-15/h2-12H,1H3,(H,22,23,24). The molecule has 140 valence electrons. The number of carbonyl (C=O) groups excluding carboxylic acids is 1. The Morgan fingerprint density at radius 3 is 2.61 bits per heavy atom. The molecule has 0 saturated carbocycles. The first-order chi connectivity index (χ1) is 13.4. The Kier molecular flexibility index (Phi) is 4.66. The Labute approximate surface area is 165 Å². The molecule has 0 spiro atoms. The number of thiazole rings is 1. The maximum Gasteiger partial charge on any atom is 0.259 e. The van der Waals surface area contributed by atoms with Crippen LogP contribution in [0.5, 0.6) is 0 Å². The van der Waals surface area contributed by atoms with E-state index in [1.54, 1.807) is 36.5 Å². The van der Waals surface area contributed by atoms with Crippen LogP contribution in [0.1, 0.15) is 10.4 Å². The van der Waals surface area contributed by atoms with Gasteiger partial charge in [0.2, 0.25) is 0 Å². The molecule has 0 unspecified atom stereocenters. The van der Waals surface area contributed by atoms with Crippen LogP contribution in [0, 0.1) is 0 Å². The van der Waals surface area contributed by atoms with E-state index in [1.807, 2.05) is 24.3 Å². The highest BCUT2D eigenvalue weighted by molar-refractivity contribution is 7.90. The third-order valence-electron chi connectivity index (χ3n) is 4.13. The lowest BCUT2D eigenvalue weighted by Gasteiger charge is -2.04. The van der Waals surface area contributed by atoms with E-state index in [9.17, 15) is 13.2 Å². The van der Waals surface area contributed by atoms with E-state index < -0.39 is 9.84 Å². The maximum atomic E-state index is 12.3. The van der Waals surface area contributed by atoms with E-state index in [1.165, 1.54) is 23.8 Å². The topological polar surface area (TPSA) is 89.0 Å². The highest BCUT2D eigenvalue weighted by Crippen LogP contribution is 2.31. The summed E-state index contributed by atoms with van der Waals surface area (Å²) in [5.41, 5.74) is 2.90. The third-order valence-corrected chi connectivity index (χ3v) is 6.17. The smallest absolute Gasteiger partial charge is 0.259 e. The van der Waals surface area contributed by atoms with Gasteiger partial charge < -0.3 is 0 Å². The number of fused-ring (bicyclic) bond motifs is 1. The zero-order chi connectivity index (χ0) is 19.7. The quantitative estimate of drug-likeness (QED) is 0.550. The fourth-order valence-electron chi connectivity index (χ4n) is 2.73. The second-order valence-corrected chi connectivity index (χ2v) is 9.24. The Morgan fingerprint density at radius 2 is 1.86 bits per heavy atom. The number of sulfone groups is 1. The van der Waals surface area contributed by atoms with Crippen molar-refractivity contribution in [1.29, 1.82) is 0 Å². The fraction of sp³-hybridized carbons (Fsp3) is 0.0500. The molecule has 28 heavy (non-hydrogen) atoms. The van der Waals surface area contributed by atoms with Crippen molar-refractivity contribution < 1.29 is 13.2 Å². The second kappa shape index (κ2) is 7.14. The number of nitrogens with zero attached hydrogens (tertiary/aromatic N) is 2. The molecule has 2 aromatic heterocycles. The summed E-state index contributed by atoms with van der Waals surface area (Å²) in [4.78, 5) is 20.9. The molecule has 0 atom stereocenters. The van der Waals surface area contributed by atoms with Gasteiger partial charge >= 0.3 is 0 Å². The molecule has 6 nitrogen and oxygen atoms in total. The first-order valence-electron chi connectivity index (χ1n) is 8.33. The van der Waals surface area contributed by atoms with Gasteiger partial charge in [-0.2, -0.15) is 0 Å². The third kappa shape index (κ3) is 3.78. The largest absolute Gasteiger partial charge is 0.298 e. The molecule has 0 saturated heterocycles. The van der Waals surface area contributed by atoms with E-state index in [-0.39, 0.29) is 10.8 Å². The summed E-state index contributed by atoms with van der Waals surface area (Å²) in [7, 11) is -3.27. The summed E-state index contributed by atoms with van der Waals surface area (Å²) in [5, 5.41) is 3.28. The number of hydrogen-bond donors (Lipinski definition) is 1. The number of rotatable bonds is 4. The molecular weight excluding hydrogens is 394 g/mol. The van der Waals surface area contributed by atoms with Gasteiger partial charge in [-0.05, 0) is 47.5 Å². The predicted octanol–water partition coefficient (Wildman–Crippen LogP) is 4.01.